The van der Waals surface area contributed by atoms with Crippen LogP contribution >= 0.6 is 0 Å². The molecular formula is C95H81N3. The molecule has 476 valence electrons. The first-order valence-corrected chi connectivity index (χ1v) is 34.8. The van der Waals surface area contributed by atoms with Gasteiger partial charge in [0.25, 0.3) is 0 Å². The maximum atomic E-state index is 5.05. The summed E-state index contributed by atoms with van der Waals surface area (Å²) in [6.45, 7) is 13.7. The molecule has 3 heterocycles. The van der Waals surface area contributed by atoms with Crippen molar-refractivity contribution in [3.63, 3.8) is 0 Å². The van der Waals surface area contributed by atoms with Crippen LogP contribution in [-0.2, 0) is 10.8 Å². The van der Waals surface area contributed by atoms with E-state index in [2.05, 4.69) is 345 Å². The molecule has 0 N–H and O–H groups in total. The van der Waals surface area contributed by atoms with E-state index in [0.29, 0.717) is 0 Å². The fourth-order valence-corrected chi connectivity index (χ4v) is 15.2. The number of rotatable bonds is 14. The van der Waals surface area contributed by atoms with Crippen molar-refractivity contribution < 1.29 is 0 Å². The Labute approximate surface area is 579 Å². The highest BCUT2D eigenvalue weighted by molar-refractivity contribution is 5.93. The summed E-state index contributed by atoms with van der Waals surface area (Å²) in [7, 11) is 0. The molecule has 0 saturated heterocycles. The Morgan fingerprint density at radius 2 is 0.541 bits per heavy atom. The molecule has 0 spiro atoms. The second-order valence-electron chi connectivity index (χ2n) is 28.7. The van der Waals surface area contributed by atoms with Crippen LogP contribution in [-0.4, -0.2) is 15.0 Å². The van der Waals surface area contributed by atoms with Gasteiger partial charge in [-0.2, -0.15) is 0 Å². The van der Waals surface area contributed by atoms with E-state index < -0.39 is 0 Å². The van der Waals surface area contributed by atoms with Crippen LogP contribution in [0.5, 0.6) is 0 Å². The van der Waals surface area contributed by atoms with Gasteiger partial charge in [-0.1, -0.05) is 284 Å². The van der Waals surface area contributed by atoms with E-state index in [1.54, 1.807) is 0 Å². The fraction of sp³-hybridized carbons (Fsp3) is 0.147. The minimum absolute atomic E-state index is 0.0344. The van der Waals surface area contributed by atoms with Gasteiger partial charge < -0.3 is 0 Å². The molecule has 3 aromatic heterocycles. The molecule has 2 unspecified atom stereocenters. The third-order valence-electron chi connectivity index (χ3n) is 20.3. The van der Waals surface area contributed by atoms with Crippen LogP contribution in [0.25, 0.3) is 123 Å². The van der Waals surface area contributed by atoms with Crippen LogP contribution in [0.1, 0.15) is 106 Å². The van der Waals surface area contributed by atoms with Crippen molar-refractivity contribution in [2.24, 2.45) is 0 Å². The van der Waals surface area contributed by atoms with E-state index in [0.717, 1.165) is 53.0 Å². The van der Waals surface area contributed by atoms with Crippen molar-refractivity contribution >= 4 is 0 Å². The third kappa shape index (κ3) is 13.2. The smallest absolute Gasteiger partial charge is 0.0705 e. The van der Waals surface area contributed by atoms with Gasteiger partial charge in [0.2, 0.25) is 0 Å². The van der Waals surface area contributed by atoms with Gasteiger partial charge in [-0.3, -0.25) is 15.0 Å². The highest BCUT2D eigenvalue weighted by atomic mass is 14.7. The predicted octanol–water partition coefficient (Wildman–Crippen LogP) is 25.6. The summed E-state index contributed by atoms with van der Waals surface area (Å²) in [6.07, 6.45) is 8.73. The van der Waals surface area contributed by atoms with E-state index in [1.807, 2.05) is 24.7 Å². The van der Waals surface area contributed by atoms with Gasteiger partial charge in [0.1, 0.15) is 0 Å². The first-order valence-electron chi connectivity index (χ1n) is 34.8. The van der Waals surface area contributed by atoms with Gasteiger partial charge in [-0.25, -0.2) is 0 Å². The minimum Gasteiger partial charge on any atom is -0.256 e. The Bertz CT molecular complexity index is 4910. The number of pyridine rings is 3. The molecule has 3 nitrogen and oxygen atoms in total. The molecule has 98 heavy (non-hydrogen) atoms. The topological polar surface area (TPSA) is 38.7 Å². The molecule has 3 heteroatoms. The molecule has 1 saturated carbocycles. The molecule has 0 radical (unpaired) electrons. The lowest BCUT2D eigenvalue weighted by atomic mass is 9.66. The zero-order chi connectivity index (χ0) is 66.7. The average Bonchev–Trinajstić information content (AvgIpc) is 0.770. The van der Waals surface area contributed by atoms with Crippen molar-refractivity contribution in [1.29, 1.82) is 0 Å². The van der Waals surface area contributed by atoms with Crippen LogP contribution in [0.3, 0.4) is 0 Å². The van der Waals surface area contributed by atoms with Gasteiger partial charge in [0, 0.05) is 35.3 Å². The Hall–Kier alpha value is -11.1. The number of hydrogen-bond acceptors (Lipinski definition) is 3. The highest BCUT2D eigenvalue weighted by Crippen LogP contribution is 2.55. The summed E-state index contributed by atoms with van der Waals surface area (Å²) in [5.41, 5.74) is 32.1. The molecule has 0 amide bonds. The van der Waals surface area contributed by atoms with Crippen molar-refractivity contribution in [3.8, 4) is 123 Å². The van der Waals surface area contributed by atoms with Gasteiger partial charge in [-0.05, 0) is 231 Å². The van der Waals surface area contributed by atoms with E-state index in [9.17, 15) is 0 Å². The Balaban J connectivity index is 0.916. The molecular weight excluding hydrogens is 1180 g/mol. The lowest BCUT2D eigenvalue weighted by Crippen LogP contribution is -2.21. The maximum Gasteiger partial charge on any atom is 0.0705 e. The normalized spacial score (nSPS) is 14.8. The summed E-state index contributed by atoms with van der Waals surface area (Å²) in [6, 6.07) is 115. The number of nitrogens with zero attached hydrogens (tertiary/aromatic N) is 3. The molecule has 11 aromatic carbocycles. The van der Waals surface area contributed by atoms with Crippen molar-refractivity contribution in [1.82, 2.24) is 15.0 Å². The zero-order valence-corrected chi connectivity index (χ0v) is 56.9. The summed E-state index contributed by atoms with van der Waals surface area (Å²) in [5, 5.41) is 0. The average molecular weight is 1260 g/mol. The summed E-state index contributed by atoms with van der Waals surface area (Å²) in [4.78, 5) is 14.9. The van der Waals surface area contributed by atoms with Gasteiger partial charge in [-0.15, -0.1) is 0 Å². The van der Waals surface area contributed by atoms with Crippen molar-refractivity contribution in [2.45, 2.75) is 89.4 Å². The summed E-state index contributed by atoms with van der Waals surface area (Å²) < 4.78 is 0. The standard InChI is InChI=1S/C95H81N3/c1-94(2,3)77-49-52-97-92(62-77)72-44-47-86(89(60-72)69-34-24-32-67(54-69)64-26-10-7-11-27-64)83-40-20-17-37-80(83)75-56-74(79-36-16-19-39-82(79)85-46-43-71(91-42-22-23-51-96-91)59-88(85)66-30-14-9-15-31-66)57-76(58-75)81-38-18-21-41-84(81)87-48-45-73(93-63-78(50-53-98-93)95(4,5)6)61-90(87)70-35-25-33-68(55-70)65-28-12-8-13-29-65/h7-55,59-63,74-76H,56-58H2,1-6H3. The second-order valence-corrected chi connectivity index (χ2v) is 28.7. The second kappa shape index (κ2) is 27.2. The quantitative estimate of drug-likeness (QED) is 0.109. The molecule has 1 aliphatic rings. The van der Waals surface area contributed by atoms with Gasteiger partial charge in [0.05, 0.1) is 17.1 Å². The first kappa shape index (κ1) is 63.0. The van der Waals surface area contributed by atoms with Crippen LogP contribution in [0.15, 0.2) is 328 Å². The first-order chi connectivity index (χ1) is 47.8. The largest absolute Gasteiger partial charge is 0.256 e. The molecule has 1 fully saturated rings. The SMILES string of the molecule is CC(C)(C)c1ccnc(-c2ccc(-c3ccccc3C3CC(c4ccccc4-c4ccc(-c5ccccn5)cc4-c4ccccc4)CC(c4ccccc4-c4ccc(-c5cc(C(C)(C)C)ccn5)cc4-c4cccc(-c5ccccc5)c4)C3)c(-c3cccc(-c4ccccc4)c3)c2)c1. The van der Waals surface area contributed by atoms with Crippen molar-refractivity contribution in [2.75, 3.05) is 0 Å². The molecule has 15 rings (SSSR count). The van der Waals surface area contributed by atoms with Gasteiger partial charge in [0.15, 0.2) is 0 Å². The van der Waals surface area contributed by atoms with Crippen LogP contribution in [0.2, 0.25) is 0 Å². The lowest BCUT2D eigenvalue weighted by molar-refractivity contribution is 0.353. The van der Waals surface area contributed by atoms with E-state index >= 15 is 0 Å². The molecule has 14 aromatic rings. The van der Waals surface area contributed by atoms with E-state index in [4.69, 9.17) is 15.0 Å². The Morgan fingerprint density at radius 1 is 0.214 bits per heavy atom. The predicted molar refractivity (Wildman–Crippen MR) is 412 cm³/mol. The number of aromatic nitrogens is 3. The molecule has 1 aliphatic carbocycles. The Morgan fingerprint density at radius 3 is 0.929 bits per heavy atom. The maximum absolute atomic E-state index is 5.05. The fourth-order valence-electron chi connectivity index (χ4n) is 15.2. The molecule has 0 aliphatic heterocycles. The number of hydrogen-bond donors (Lipinski definition) is 0. The van der Waals surface area contributed by atoms with E-state index in [-0.39, 0.29) is 28.6 Å². The summed E-state index contributed by atoms with van der Waals surface area (Å²) >= 11 is 0. The van der Waals surface area contributed by atoms with Crippen LogP contribution in [0, 0.1) is 0 Å². The van der Waals surface area contributed by atoms with Crippen LogP contribution in [0.4, 0.5) is 0 Å². The minimum atomic E-state index is -0.0344. The summed E-state index contributed by atoms with van der Waals surface area (Å²) in [5.74, 6) is 0.497. The number of benzene rings is 11. The molecule has 0 bridgehead atoms. The lowest BCUT2D eigenvalue weighted by Gasteiger charge is -2.38. The third-order valence-corrected chi connectivity index (χ3v) is 20.3. The molecule has 2 atom stereocenters. The van der Waals surface area contributed by atoms with E-state index in [1.165, 1.54) is 117 Å². The zero-order valence-electron chi connectivity index (χ0n) is 56.9. The highest BCUT2D eigenvalue weighted by Gasteiger charge is 2.36. The Kier molecular flexibility index (Phi) is 17.5. The van der Waals surface area contributed by atoms with Crippen molar-refractivity contribution in [3.05, 3.63) is 356 Å². The van der Waals surface area contributed by atoms with Crippen LogP contribution < -0.4 is 0 Å². The van der Waals surface area contributed by atoms with Gasteiger partial charge >= 0.3 is 0 Å². The monoisotopic (exact) mass is 1260 g/mol.